The van der Waals surface area contributed by atoms with Crippen molar-refractivity contribution >= 4 is 34.4 Å². The Morgan fingerprint density at radius 3 is 2.88 bits per heavy atom. The molecule has 25 heavy (non-hydrogen) atoms. The molecule has 0 saturated carbocycles. The fourth-order valence-electron chi connectivity index (χ4n) is 2.62. The van der Waals surface area contributed by atoms with Crippen LogP contribution >= 0.6 is 11.6 Å². The molecule has 1 amide bonds. The number of carbonyl (C=O) groups excluding carboxylic acids is 1. The van der Waals surface area contributed by atoms with Gasteiger partial charge in [-0.2, -0.15) is 0 Å². The topological polar surface area (TPSA) is 82.7 Å². The molecule has 130 valence electrons. The van der Waals surface area contributed by atoms with Gasteiger partial charge in [0, 0.05) is 54.0 Å². The molecule has 0 fully saturated rings. The molecule has 1 aromatic carbocycles. The third kappa shape index (κ3) is 4.93. The molecule has 3 aromatic rings. The summed E-state index contributed by atoms with van der Waals surface area (Å²) in [6.45, 7) is 1.27. The van der Waals surface area contributed by atoms with Crippen LogP contribution in [0, 0.1) is 0 Å². The van der Waals surface area contributed by atoms with Crippen LogP contribution in [0.4, 0.5) is 5.95 Å². The first kappa shape index (κ1) is 17.2. The van der Waals surface area contributed by atoms with E-state index in [0.29, 0.717) is 30.5 Å². The molecule has 0 saturated heterocycles. The third-order valence-electron chi connectivity index (χ3n) is 3.88. The molecule has 0 bridgehead atoms. The number of halogens is 1. The number of benzene rings is 1. The van der Waals surface area contributed by atoms with E-state index in [4.69, 9.17) is 11.6 Å². The van der Waals surface area contributed by atoms with Crippen LogP contribution in [0.1, 0.15) is 18.4 Å². The summed E-state index contributed by atoms with van der Waals surface area (Å²) in [5, 5.41) is 7.86. The van der Waals surface area contributed by atoms with E-state index in [0.717, 1.165) is 29.3 Å². The maximum atomic E-state index is 11.9. The summed E-state index contributed by atoms with van der Waals surface area (Å²) in [6.07, 6.45) is 7.30. The van der Waals surface area contributed by atoms with Crippen molar-refractivity contribution in [1.29, 1.82) is 0 Å². The highest BCUT2D eigenvalue weighted by Crippen LogP contribution is 2.22. The van der Waals surface area contributed by atoms with Crippen molar-refractivity contribution in [2.75, 3.05) is 18.4 Å². The summed E-state index contributed by atoms with van der Waals surface area (Å²) in [7, 11) is 0. The Bertz CT molecular complexity index is 834. The number of anilines is 1. The second-order valence-corrected chi connectivity index (χ2v) is 6.14. The number of nitrogens with one attached hydrogen (secondary N) is 3. The Morgan fingerprint density at radius 2 is 2.04 bits per heavy atom. The van der Waals surface area contributed by atoms with E-state index < -0.39 is 0 Å². The molecule has 3 N–H and O–H groups in total. The second kappa shape index (κ2) is 8.48. The Labute approximate surface area is 151 Å². The van der Waals surface area contributed by atoms with Crippen molar-refractivity contribution in [2.24, 2.45) is 0 Å². The van der Waals surface area contributed by atoms with Crippen LogP contribution in [-0.2, 0) is 11.2 Å². The van der Waals surface area contributed by atoms with Crippen LogP contribution in [0.3, 0.4) is 0 Å². The summed E-state index contributed by atoms with van der Waals surface area (Å²) < 4.78 is 0. The van der Waals surface area contributed by atoms with Crippen molar-refractivity contribution < 1.29 is 4.79 Å². The van der Waals surface area contributed by atoms with Gasteiger partial charge in [0.2, 0.25) is 11.9 Å². The number of aromatic nitrogens is 3. The van der Waals surface area contributed by atoms with E-state index in [1.165, 1.54) is 0 Å². The SMILES string of the molecule is O=C(CCCNc1ncccn1)NCCc1c[nH]c2ccc(Cl)cc12. The molecule has 0 aliphatic rings. The van der Waals surface area contributed by atoms with Gasteiger partial charge in [0.1, 0.15) is 0 Å². The van der Waals surface area contributed by atoms with Gasteiger partial charge < -0.3 is 15.6 Å². The number of hydrogen-bond donors (Lipinski definition) is 3. The van der Waals surface area contributed by atoms with E-state index in [9.17, 15) is 4.79 Å². The van der Waals surface area contributed by atoms with E-state index in [2.05, 4.69) is 25.6 Å². The van der Waals surface area contributed by atoms with E-state index in [1.807, 2.05) is 24.4 Å². The number of carbonyl (C=O) groups is 1. The van der Waals surface area contributed by atoms with Crippen LogP contribution in [0.2, 0.25) is 5.02 Å². The Balaban J connectivity index is 1.37. The molecular formula is C18H20ClN5O. The predicted molar refractivity (Wildman–Crippen MR) is 99.8 cm³/mol. The van der Waals surface area contributed by atoms with Crippen molar-refractivity contribution in [3.05, 3.63) is 53.4 Å². The average Bonchev–Trinajstić information content (AvgIpc) is 3.02. The van der Waals surface area contributed by atoms with E-state index in [1.54, 1.807) is 18.5 Å². The lowest BCUT2D eigenvalue weighted by Gasteiger charge is -2.06. The summed E-state index contributed by atoms with van der Waals surface area (Å²) in [5.41, 5.74) is 2.21. The summed E-state index contributed by atoms with van der Waals surface area (Å²) >= 11 is 6.05. The van der Waals surface area contributed by atoms with E-state index in [-0.39, 0.29) is 5.91 Å². The van der Waals surface area contributed by atoms with Crippen LogP contribution in [0.15, 0.2) is 42.9 Å². The Hall–Kier alpha value is -2.60. The molecule has 2 aromatic heterocycles. The molecule has 0 atom stereocenters. The van der Waals surface area contributed by atoms with Crippen molar-refractivity contribution in [1.82, 2.24) is 20.3 Å². The number of H-pyrrole nitrogens is 1. The average molecular weight is 358 g/mol. The second-order valence-electron chi connectivity index (χ2n) is 5.71. The summed E-state index contributed by atoms with van der Waals surface area (Å²) in [4.78, 5) is 23.3. The molecule has 7 heteroatoms. The van der Waals surface area contributed by atoms with E-state index >= 15 is 0 Å². The molecular weight excluding hydrogens is 338 g/mol. The van der Waals surface area contributed by atoms with Gasteiger partial charge in [-0.3, -0.25) is 4.79 Å². The Morgan fingerprint density at radius 1 is 1.20 bits per heavy atom. The number of hydrogen-bond acceptors (Lipinski definition) is 4. The first-order valence-electron chi connectivity index (χ1n) is 8.25. The maximum absolute atomic E-state index is 11.9. The minimum absolute atomic E-state index is 0.0497. The monoisotopic (exact) mass is 357 g/mol. The van der Waals surface area contributed by atoms with Gasteiger partial charge in [-0.05, 0) is 42.7 Å². The fourth-order valence-corrected chi connectivity index (χ4v) is 2.79. The number of nitrogens with zero attached hydrogens (tertiary/aromatic N) is 2. The lowest BCUT2D eigenvalue weighted by molar-refractivity contribution is -0.121. The molecule has 0 spiro atoms. The minimum Gasteiger partial charge on any atom is -0.361 e. The zero-order chi connectivity index (χ0) is 17.5. The van der Waals surface area contributed by atoms with Gasteiger partial charge in [-0.1, -0.05) is 11.6 Å². The van der Waals surface area contributed by atoms with Gasteiger partial charge in [0.25, 0.3) is 0 Å². The molecule has 0 aliphatic carbocycles. The summed E-state index contributed by atoms with van der Waals surface area (Å²) in [6, 6.07) is 7.53. The molecule has 0 aliphatic heterocycles. The summed E-state index contributed by atoms with van der Waals surface area (Å²) in [5.74, 6) is 0.634. The number of amides is 1. The smallest absolute Gasteiger partial charge is 0.222 e. The van der Waals surface area contributed by atoms with Gasteiger partial charge in [-0.25, -0.2) is 9.97 Å². The lowest BCUT2D eigenvalue weighted by atomic mass is 10.1. The largest absolute Gasteiger partial charge is 0.361 e. The van der Waals surface area contributed by atoms with Gasteiger partial charge in [0.05, 0.1) is 0 Å². The first-order chi connectivity index (χ1) is 12.2. The molecule has 0 unspecified atom stereocenters. The molecule has 6 nitrogen and oxygen atoms in total. The van der Waals surface area contributed by atoms with Gasteiger partial charge in [0.15, 0.2) is 0 Å². The minimum atomic E-state index is 0.0497. The molecule has 0 radical (unpaired) electrons. The quantitative estimate of drug-likeness (QED) is 0.541. The zero-order valence-corrected chi connectivity index (χ0v) is 14.5. The van der Waals surface area contributed by atoms with Gasteiger partial charge >= 0.3 is 0 Å². The highest BCUT2D eigenvalue weighted by atomic mass is 35.5. The maximum Gasteiger partial charge on any atom is 0.222 e. The third-order valence-corrected chi connectivity index (χ3v) is 4.11. The van der Waals surface area contributed by atoms with Crippen molar-refractivity contribution in [3.8, 4) is 0 Å². The fraction of sp³-hybridized carbons (Fsp3) is 0.278. The van der Waals surface area contributed by atoms with Crippen LogP contribution in [-0.4, -0.2) is 33.9 Å². The normalized spacial score (nSPS) is 10.8. The highest BCUT2D eigenvalue weighted by molar-refractivity contribution is 6.31. The van der Waals surface area contributed by atoms with Crippen LogP contribution in [0.5, 0.6) is 0 Å². The van der Waals surface area contributed by atoms with Gasteiger partial charge in [-0.15, -0.1) is 0 Å². The predicted octanol–water partition coefficient (Wildman–Crippen LogP) is 3.16. The van der Waals surface area contributed by atoms with Crippen LogP contribution < -0.4 is 10.6 Å². The highest BCUT2D eigenvalue weighted by Gasteiger charge is 2.06. The number of fused-ring (bicyclic) bond motifs is 1. The molecule has 2 heterocycles. The number of rotatable bonds is 8. The zero-order valence-electron chi connectivity index (χ0n) is 13.8. The lowest BCUT2D eigenvalue weighted by Crippen LogP contribution is -2.25. The van der Waals surface area contributed by atoms with Crippen molar-refractivity contribution in [2.45, 2.75) is 19.3 Å². The van der Waals surface area contributed by atoms with Crippen molar-refractivity contribution in [3.63, 3.8) is 0 Å². The Kier molecular flexibility index (Phi) is 5.85. The molecule has 3 rings (SSSR count). The first-order valence-corrected chi connectivity index (χ1v) is 8.63. The van der Waals surface area contributed by atoms with Crippen LogP contribution in [0.25, 0.3) is 10.9 Å². The standard InChI is InChI=1S/C18H20ClN5O/c19-14-4-5-16-15(11-14)13(12-24-16)6-10-20-17(25)3-1-7-21-18-22-8-2-9-23-18/h2,4-5,8-9,11-12,24H,1,3,6-7,10H2,(H,20,25)(H,21,22,23). The number of aromatic amines is 1.